The number of hydrogen-bond donors (Lipinski definition) is 2. The molecular formula is C15H13N3O4. The summed E-state index contributed by atoms with van der Waals surface area (Å²) in [5.41, 5.74) is 0.768. The first-order chi connectivity index (χ1) is 10.6. The van der Waals surface area contributed by atoms with Gasteiger partial charge in [0.25, 0.3) is 5.69 Å². The van der Waals surface area contributed by atoms with E-state index < -0.39 is 4.92 Å². The van der Waals surface area contributed by atoms with Gasteiger partial charge in [0.15, 0.2) is 5.69 Å². The highest BCUT2D eigenvalue weighted by Crippen LogP contribution is 2.34. The van der Waals surface area contributed by atoms with Gasteiger partial charge in [0.2, 0.25) is 0 Å². The normalized spacial score (nSPS) is 11.3. The number of para-hydroxylation sites is 1. The number of nitro groups is 1. The molecule has 7 heteroatoms. The number of aliphatic hydroxyl groups is 1. The van der Waals surface area contributed by atoms with Crippen LogP contribution in [0.4, 0.5) is 17.1 Å². The number of nitrogens with zero attached hydrogens (tertiary/aromatic N) is 3. The highest BCUT2D eigenvalue weighted by atomic mass is 16.6. The predicted octanol–water partition coefficient (Wildman–Crippen LogP) is 4.33. The Balaban J connectivity index is 2.40. The Morgan fingerprint density at radius 1 is 1.14 bits per heavy atom. The summed E-state index contributed by atoms with van der Waals surface area (Å²) in [5, 5.41) is 37.3. The van der Waals surface area contributed by atoms with Gasteiger partial charge in [0, 0.05) is 6.07 Å². The second-order valence-corrected chi connectivity index (χ2v) is 4.32. The number of aliphatic hydroxyl groups excluding tert-OH is 1. The summed E-state index contributed by atoms with van der Waals surface area (Å²) in [6.07, 6.45) is 2.72. The fraction of sp³-hybridized carbons (Fsp3) is 0.0667. The third-order valence-electron chi connectivity index (χ3n) is 2.88. The molecule has 0 aliphatic heterocycles. The molecule has 0 spiro atoms. The van der Waals surface area contributed by atoms with E-state index in [4.69, 9.17) is 5.11 Å². The molecule has 0 saturated carbocycles. The molecule has 0 aromatic heterocycles. The van der Waals surface area contributed by atoms with Crippen LogP contribution in [0.5, 0.6) is 5.75 Å². The first-order valence-electron chi connectivity index (χ1n) is 6.38. The Labute approximate surface area is 126 Å². The molecule has 0 aliphatic rings. The van der Waals surface area contributed by atoms with E-state index in [1.54, 1.807) is 18.2 Å². The van der Waals surface area contributed by atoms with Gasteiger partial charge in [-0.25, -0.2) is 0 Å². The van der Waals surface area contributed by atoms with Gasteiger partial charge in [-0.1, -0.05) is 24.3 Å². The van der Waals surface area contributed by atoms with E-state index in [0.717, 1.165) is 6.26 Å². The number of hydrogen-bond acceptors (Lipinski definition) is 6. The van der Waals surface area contributed by atoms with Crippen LogP contribution in [0.25, 0.3) is 0 Å². The molecule has 7 nitrogen and oxygen atoms in total. The van der Waals surface area contributed by atoms with Crippen molar-refractivity contribution in [3.8, 4) is 5.75 Å². The molecule has 0 bridgehead atoms. The molecule has 2 aromatic rings. The van der Waals surface area contributed by atoms with E-state index >= 15 is 0 Å². The summed E-state index contributed by atoms with van der Waals surface area (Å²) in [5.74, 6) is -0.0915. The molecule has 0 unspecified atom stereocenters. The number of benzene rings is 2. The molecular weight excluding hydrogens is 286 g/mol. The third-order valence-corrected chi connectivity index (χ3v) is 2.88. The topological polar surface area (TPSA) is 108 Å². The van der Waals surface area contributed by atoms with E-state index in [-0.39, 0.29) is 22.8 Å². The zero-order valence-corrected chi connectivity index (χ0v) is 11.5. The molecule has 0 fully saturated rings. The second kappa shape index (κ2) is 6.98. The minimum atomic E-state index is -0.547. The summed E-state index contributed by atoms with van der Waals surface area (Å²) in [7, 11) is 0. The molecule has 2 rings (SSSR count). The van der Waals surface area contributed by atoms with Gasteiger partial charge in [0.1, 0.15) is 11.4 Å². The lowest BCUT2D eigenvalue weighted by Crippen LogP contribution is -1.87. The van der Waals surface area contributed by atoms with Crippen LogP contribution in [0.2, 0.25) is 0 Å². The molecule has 0 atom stereocenters. The number of allylic oxidation sites excluding steroid dienone is 1. The van der Waals surface area contributed by atoms with Crippen LogP contribution in [0, 0.1) is 10.1 Å². The van der Waals surface area contributed by atoms with Crippen molar-refractivity contribution in [3.63, 3.8) is 0 Å². The van der Waals surface area contributed by atoms with Crippen LogP contribution in [0.1, 0.15) is 5.56 Å². The molecule has 0 radical (unpaired) electrons. The second-order valence-electron chi connectivity index (χ2n) is 4.32. The fourth-order valence-electron chi connectivity index (χ4n) is 1.84. The Bertz CT molecular complexity index is 741. The summed E-state index contributed by atoms with van der Waals surface area (Å²) in [6.45, 7) is 0. The van der Waals surface area contributed by atoms with Gasteiger partial charge in [-0.05, 0) is 30.2 Å². The number of aromatic hydroxyl groups is 1. The molecule has 0 saturated heterocycles. The molecule has 22 heavy (non-hydrogen) atoms. The van der Waals surface area contributed by atoms with E-state index in [9.17, 15) is 15.2 Å². The summed E-state index contributed by atoms with van der Waals surface area (Å²) in [6, 6.07) is 10.7. The zero-order valence-electron chi connectivity index (χ0n) is 11.5. The molecule has 2 aromatic carbocycles. The van der Waals surface area contributed by atoms with Gasteiger partial charge in [-0.15, -0.1) is 10.2 Å². The van der Waals surface area contributed by atoms with Crippen molar-refractivity contribution in [1.82, 2.24) is 0 Å². The maximum atomic E-state index is 10.9. The van der Waals surface area contributed by atoms with E-state index in [0.29, 0.717) is 12.0 Å². The average Bonchev–Trinajstić information content (AvgIpc) is 2.52. The number of nitro benzene ring substituents is 1. The van der Waals surface area contributed by atoms with Crippen molar-refractivity contribution >= 4 is 17.1 Å². The van der Waals surface area contributed by atoms with Crippen LogP contribution in [-0.4, -0.2) is 15.1 Å². The lowest BCUT2D eigenvalue weighted by molar-refractivity contribution is -0.384. The van der Waals surface area contributed by atoms with Crippen molar-refractivity contribution in [1.29, 1.82) is 0 Å². The quantitative estimate of drug-likeness (QED) is 0.370. The molecule has 0 aliphatic carbocycles. The maximum Gasteiger partial charge on any atom is 0.296 e. The Hall–Kier alpha value is -3.22. The Morgan fingerprint density at radius 2 is 1.91 bits per heavy atom. The minimum absolute atomic E-state index is 0.0915. The smallest absolute Gasteiger partial charge is 0.296 e. The van der Waals surface area contributed by atoms with Gasteiger partial charge >= 0.3 is 0 Å². The van der Waals surface area contributed by atoms with E-state index in [1.165, 1.54) is 30.3 Å². The van der Waals surface area contributed by atoms with Crippen LogP contribution in [0.15, 0.2) is 65.0 Å². The van der Waals surface area contributed by atoms with Crippen molar-refractivity contribution in [2.75, 3.05) is 0 Å². The number of phenols is 1. The zero-order chi connectivity index (χ0) is 15.9. The highest BCUT2D eigenvalue weighted by Gasteiger charge is 2.12. The minimum Gasteiger partial charge on any atom is -0.516 e. The number of azo groups is 1. The van der Waals surface area contributed by atoms with Crippen molar-refractivity contribution < 1.29 is 15.1 Å². The highest BCUT2D eigenvalue weighted by molar-refractivity contribution is 5.60. The van der Waals surface area contributed by atoms with Crippen LogP contribution in [0.3, 0.4) is 0 Å². The SMILES string of the molecule is O=[N+]([O-])c1ccccc1N=Nc1c(O)cccc1CC=CO. The van der Waals surface area contributed by atoms with Gasteiger partial charge < -0.3 is 10.2 Å². The number of rotatable bonds is 5. The van der Waals surface area contributed by atoms with E-state index in [2.05, 4.69) is 10.2 Å². The Kier molecular flexibility index (Phi) is 4.81. The summed E-state index contributed by atoms with van der Waals surface area (Å²) < 4.78 is 0. The van der Waals surface area contributed by atoms with Crippen molar-refractivity contribution in [2.24, 2.45) is 10.2 Å². The van der Waals surface area contributed by atoms with Crippen LogP contribution < -0.4 is 0 Å². The number of phenolic OH excluding ortho intramolecular Hbond substituents is 1. The largest absolute Gasteiger partial charge is 0.516 e. The maximum absolute atomic E-state index is 10.9. The summed E-state index contributed by atoms with van der Waals surface area (Å²) in [4.78, 5) is 10.4. The Morgan fingerprint density at radius 3 is 2.64 bits per heavy atom. The van der Waals surface area contributed by atoms with Gasteiger partial charge in [0.05, 0.1) is 11.2 Å². The van der Waals surface area contributed by atoms with Gasteiger partial charge in [-0.2, -0.15) is 0 Å². The standard InChI is InChI=1S/C15H13N3O4/c19-10-4-6-11-5-3-9-14(20)15(11)17-16-12-7-1-2-8-13(12)18(21)22/h1-5,7-10,19-20H,6H2. The molecule has 112 valence electrons. The molecule has 0 heterocycles. The monoisotopic (exact) mass is 299 g/mol. The van der Waals surface area contributed by atoms with Crippen molar-refractivity contribution in [3.05, 3.63) is 70.5 Å². The predicted molar refractivity (Wildman–Crippen MR) is 80.9 cm³/mol. The summed E-state index contributed by atoms with van der Waals surface area (Å²) >= 11 is 0. The van der Waals surface area contributed by atoms with E-state index in [1.807, 2.05) is 0 Å². The molecule has 2 N–H and O–H groups in total. The first-order valence-corrected chi connectivity index (χ1v) is 6.38. The van der Waals surface area contributed by atoms with Crippen LogP contribution in [-0.2, 0) is 6.42 Å². The fourth-order valence-corrected chi connectivity index (χ4v) is 1.84. The van der Waals surface area contributed by atoms with Gasteiger partial charge in [-0.3, -0.25) is 10.1 Å². The first kappa shape index (κ1) is 15.2. The lowest BCUT2D eigenvalue weighted by Gasteiger charge is -2.04. The molecule has 0 amide bonds. The third kappa shape index (κ3) is 3.45. The van der Waals surface area contributed by atoms with Crippen LogP contribution >= 0.6 is 0 Å². The average molecular weight is 299 g/mol. The lowest BCUT2D eigenvalue weighted by atomic mass is 10.1. The van der Waals surface area contributed by atoms with Crippen molar-refractivity contribution in [2.45, 2.75) is 6.42 Å².